The first-order valence-corrected chi connectivity index (χ1v) is 6.02. The molecule has 0 spiro atoms. The SMILES string of the molecule is Cc1ccc(Cl)cc1-c1ccccc1CC(=O)O. The maximum absolute atomic E-state index is 10.9. The third kappa shape index (κ3) is 2.71. The molecule has 0 bridgehead atoms. The Morgan fingerprint density at radius 1 is 1.17 bits per heavy atom. The zero-order chi connectivity index (χ0) is 13.1. The molecule has 0 amide bonds. The Bertz CT molecular complexity index is 591. The van der Waals surface area contributed by atoms with Gasteiger partial charge >= 0.3 is 5.97 Å². The van der Waals surface area contributed by atoms with Crippen LogP contribution in [0.1, 0.15) is 11.1 Å². The van der Waals surface area contributed by atoms with Crippen LogP contribution in [0, 0.1) is 6.92 Å². The van der Waals surface area contributed by atoms with E-state index >= 15 is 0 Å². The van der Waals surface area contributed by atoms with E-state index in [1.54, 1.807) is 0 Å². The summed E-state index contributed by atoms with van der Waals surface area (Å²) >= 11 is 6.01. The fourth-order valence-electron chi connectivity index (χ4n) is 1.98. The van der Waals surface area contributed by atoms with Crippen LogP contribution in [0.25, 0.3) is 11.1 Å². The molecule has 0 saturated carbocycles. The molecule has 0 atom stereocenters. The molecule has 0 aliphatic heterocycles. The number of rotatable bonds is 3. The van der Waals surface area contributed by atoms with Crippen molar-refractivity contribution in [3.63, 3.8) is 0 Å². The fourth-order valence-corrected chi connectivity index (χ4v) is 2.16. The molecular weight excluding hydrogens is 248 g/mol. The third-order valence-corrected chi connectivity index (χ3v) is 3.08. The van der Waals surface area contributed by atoms with E-state index < -0.39 is 5.97 Å². The molecule has 92 valence electrons. The Kier molecular flexibility index (Phi) is 3.68. The van der Waals surface area contributed by atoms with Gasteiger partial charge in [-0.3, -0.25) is 4.79 Å². The lowest BCUT2D eigenvalue weighted by molar-refractivity contribution is -0.136. The molecule has 0 aliphatic rings. The van der Waals surface area contributed by atoms with Crippen LogP contribution in [0.4, 0.5) is 0 Å². The number of halogens is 1. The van der Waals surface area contributed by atoms with E-state index in [9.17, 15) is 4.79 Å². The first kappa shape index (κ1) is 12.7. The molecule has 2 nitrogen and oxygen atoms in total. The monoisotopic (exact) mass is 260 g/mol. The molecule has 0 heterocycles. The number of carbonyl (C=O) groups is 1. The summed E-state index contributed by atoms with van der Waals surface area (Å²) in [6.45, 7) is 1.99. The Hall–Kier alpha value is -1.80. The van der Waals surface area contributed by atoms with Crippen LogP contribution in [-0.2, 0) is 11.2 Å². The van der Waals surface area contributed by atoms with Gasteiger partial charge in [0.15, 0.2) is 0 Å². The second-order valence-electron chi connectivity index (χ2n) is 4.19. The molecule has 0 radical (unpaired) electrons. The highest BCUT2D eigenvalue weighted by Crippen LogP contribution is 2.29. The van der Waals surface area contributed by atoms with E-state index in [1.165, 1.54) is 0 Å². The summed E-state index contributed by atoms with van der Waals surface area (Å²) in [6.07, 6.45) is 0.0160. The fraction of sp³-hybridized carbons (Fsp3) is 0.133. The van der Waals surface area contributed by atoms with Crippen molar-refractivity contribution in [2.24, 2.45) is 0 Å². The maximum atomic E-state index is 10.9. The second-order valence-corrected chi connectivity index (χ2v) is 4.62. The van der Waals surface area contributed by atoms with Crippen LogP contribution in [-0.4, -0.2) is 11.1 Å². The van der Waals surface area contributed by atoms with Gasteiger partial charge in [-0.15, -0.1) is 0 Å². The smallest absolute Gasteiger partial charge is 0.307 e. The first-order valence-electron chi connectivity index (χ1n) is 5.64. The molecule has 0 unspecified atom stereocenters. The predicted molar refractivity (Wildman–Crippen MR) is 73.0 cm³/mol. The summed E-state index contributed by atoms with van der Waals surface area (Å²) in [5.74, 6) is -0.831. The number of aliphatic carboxylic acids is 1. The van der Waals surface area contributed by atoms with Gasteiger partial charge in [0.05, 0.1) is 6.42 Å². The van der Waals surface area contributed by atoms with Crippen molar-refractivity contribution in [2.45, 2.75) is 13.3 Å². The van der Waals surface area contributed by atoms with Crippen molar-refractivity contribution in [2.75, 3.05) is 0 Å². The number of aryl methyl sites for hydroxylation is 1. The van der Waals surface area contributed by atoms with Gasteiger partial charge in [-0.1, -0.05) is 41.9 Å². The van der Waals surface area contributed by atoms with Gasteiger partial charge in [-0.2, -0.15) is 0 Å². The Morgan fingerprint density at radius 3 is 2.61 bits per heavy atom. The second kappa shape index (κ2) is 5.23. The minimum absolute atomic E-state index is 0.0160. The average Bonchev–Trinajstić information content (AvgIpc) is 2.32. The van der Waals surface area contributed by atoms with Crippen molar-refractivity contribution in [3.05, 3.63) is 58.6 Å². The number of hydrogen-bond acceptors (Lipinski definition) is 1. The highest BCUT2D eigenvalue weighted by Gasteiger charge is 2.10. The molecule has 18 heavy (non-hydrogen) atoms. The van der Waals surface area contributed by atoms with Gasteiger partial charge in [0.2, 0.25) is 0 Å². The van der Waals surface area contributed by atoms with Gasteiger partial charge in [0.25, 0.3) is 0 Å². The topological polar surface area (TPSA) is 37.3 Å². The van der Waals surface area contributed by atoms with Crippen LogP contribution >= 0.6 is 11.6 Å². The van der Waals surface area contributed by atoms with Crippen LogP contribution in [0.5, 0.6) is 0 Å². The number of hydrogen-bond donors (Lipinski definition) is 1. The summed E-state index contributed by atoms with van der Waals surface area (Å²) in [7, 11) is 0. The molecule has 0 aliphatic carbocycles. The van der Waals surface area contributed by atoms with Gasteiger partial charge in [0.1, 0.15) is 0 Å². The third-order valence-electron chi connectivity index (χ3n) is 2.85. The molecule has 0 saturated heterocycles. The quantitative estimate of drug-likeness (QED) is 0.908. The number of benzene rings is 2. The lowest BCUT2D eigenvalue weighted by atomic mass is 9.94. The van der Waals surface area contributed by atoms with Gasteiger partial charge in [-0.05, 0) is 41.3 Å². The van der Waals surface area contributed by atoms with Crippen molar-refractivity contribution < 1.29 is 9.90 Å². The van der Waals surface area contributed by atoms with Crippen molar-refractivity contribution in [1.29, 1.82) is 0 Å². The van der Waals surface area contributed by atoms with Crippen molar-refractivity contribution in [3.8, 4) is 11.1 Å². The molecule has 3 heteroatoms. The molecule has 0 aromatic heterocycles. The highest BCUT2D eigenvalue weighted by molar-refractivity contribution is 6.30. The largest absolute Gasteiger partial charge is 0.481 e. The molecule has 0 fully saturated rings. The lowest BCUT2D eigenvalue weighted by Crippen LogP contribution is -2.02. The van der Waals surface area contributed by atoms with Crippen molar-refractivity contribution >= 4 is 17.6 Å². The Balaban J connectivity index is 2.56. The summed E-state index contributed by atoms with van der Waals surface area (Å²) in [5, 5.41) is 9.59. The average molecular weight is 261 g/mol. The summed E-state index contributed by atoms with van der Waals surface area (Å²) in [6, 6.07) is 13.2. The van der Waals surface area contributed by atoms with Crippen LogP contribution < -0.4 is 0 Å². The van der Waals surface area contributed by atoms with Gasteiger partial charge < -0.3 is 5.11 Å². The van der Waals surface area contributed by atoms with Crippen LogP contribution in [0.2, 0.25) is 5.02 Å². The van der Waals surface area contributed by atoms with E-state index in [1.807, 2.05) is 49.4 Å². The minimum atomic E-state index is -0.831. The zero-order valence-electron chi connectivity index (χ0n) is 9.98. The van der Waals surface area contributed by atoms with E-state index in [0.29, 0.717) is 5.02 Å². The molecular formula is C15H13ClO2. The van der Waals surface area contributed by atoms with E-state index in [4.69, 9.17) is 16.7 Å². The lowest BCUT2D eigenvalue weighted by Gasteiger charge is -2.11. The predicted octanol–water partition coefficient (Wildman–Crippen LogP) is 3.94. The Labute approximate surface area is 111 Å². The molecule has 2 aromatic rings. The first-order chi connectivity index (χ1) is 8.58. The molecule has 1 N–H and O–H groups in total. The normalized spacial score (nSPS) is 10.3. The molecule has 2 rings (SSSR count). The van der Waals surface area contributed by atoms with E-state index in [2.05, 4.69) is 0 Å². The van der Waals surface area contributed by atoms with E-state index in [-0.39, 0.29) is 6.42 Å². The van der Waals surface area contributed by atoms with Gasteiger partial charge in [0, 0.05) is 5.02 Å². The minimum Gasteiger partial charge on any atom is -0.481 e. The highest BCUT2D eigenvalue weighted by atomic mass is 35.5. The standard InChI is InChI=1S/C15H13ClO2/c1-10-6-7-12(16)9-14(10)13-5-3-2-4-11(13)8-15(17)18/h2-7,9H,8H2,1H3,(H,17,18). The van der Waals surface area contributed by atoms with Gasteiger partial charge in [-0.25, -0.2) is 0 Å². The van der Waals surface area contributed by atoms with Crippen molar-refractivity contribution in [1.82, 2.24) is 0 Å². The maximum Gasteiger partial charge on any atom is 0.307 e. The number of carboxylic acids is 1. The van der Waals surface area contributed by atoms with E-state index in [0.717, 1.165) is 22.3 Å². The summed E-state index contributed by atoms with van der Waals surface area (Å²) < 4.78 is 0. The summed E-state index contributed by atoms with van der Waals surface area (Å²) in [4.78, 5) is 10.9. The van der Waals surface area contributed by atoms with Crippen LogP contribution in [0.3, 0.4) is 0 Å². The zero-order valence-corrected chi connectivity index (χ0v) is 10.7. The van der Waals surface area contributed by atoms with Crippen LogP contribution in [0.15, 0.2) is 42.5 Å². The number of carboxylic acid groups (broad SMARTS) is 1. The molecule has 2 aromatic carbocycles. The Morgan fingerprint density at radius 2 is 1.89 bits per heavy atom. The summed E-state index contributed by atoms with van der Waals surface area (Å²) in [5.41, 5.74) is 3.80.